The second kappa shape index (κ2) is 6.37. The fraction of sp³-hybridized carbons (Fsp3) is 0.562. The Balaban J connectivity index is 1.59. The van der Waals surface area contributed by atoms with E-state index in [4.69, 9.17) is 5.26 Å². The highest BCUT2D eigenvalue weighted by Crippen LogP contribution is 2.31. The molecule has 1 heterocycles. The molecule has 6 heteroatoms. The molecule has 0 spiro atoms. The highest BCUT2D eigenvalue weighted by atomic mass is 32.2. The highest BCUT2D eigenvalue weighted by molar-refractivity contribution is 7.90. The summed E-state index contributed by atoms with van der Waals surface area (Å²) >= 11 is 0. The second-order valence-electron chi connectivity index (χ2n) is 6.08. The van der Waals surface area contributed by atoms with E-state index in [1.54, 1.807) is 4.31 Å². The number of hydrogen-bond acceptors (Lipinski definition) is 4. The fourth-order valence-corrected chi connectivity index (χ4v) is 4.75. The van der Waals surface area contributed by atoms with E-state index in [2.05, 4.69) is 11.0 Å². The molecule has 0 amide bonds. The third kappa shape index (κ3) is 3.49. The van der Waals surface area contributed by atoms with E-state index >= 15 is 0 Å². The molecule has 1 saturated heterocycles. The van der Waals surface area contributed by atoms with Crippen LogP contribution in [0.5, 0.6) is 0 Å². The number of benzene rings is 1. The third-order valence-electron chi connectivity index (χ3n) is 4.34. The molecule has 0 radical (unpaired) electrons. The molecular weight excluding hydrogens is 298 g/mol. The lowest BCUT2D eigenvalue weighted by Crippen LogP contribution is -2.37. The van der Waals surface area contributed by atoms with Gasteiger partial charge in [-0.2, -0.15) is 5.26 Å². The van der Waals surface area contributed by atoms with Crippen LogP contribution in [0.15, 0.2) is 24.3 Å². The number of sulfonamides is 1. The maximum absolute atomic E-state index is 12.3. The second-order valence-corrected chi connectivity index (χ2v) is 8.29. The van der Waals surface area contributed by atoms with Crippen molar-refractivity contribution in [3.05, 3.63) is 35.4 Å². The molecule has 1 aromatic carbocycles. The number of nitriles is 1. The van der Waals surface area contributed by atoms with Gasteiger partial charge in [-0.1, -0.05) is 12.1 Å². The van der Waals surface area contributed by atoms with Crippen molar-refractivity contribution in [2.45, 2.75) is 31.1 Å². The summed E-state index contributed by atoms with van der Waals surface area (Å²) in [6, 6.07) is 9.73. The molecule has 0 N–H and O–H groups in total. The molecule has 1 aromatic rings. The molecule has 1 saturated carbocycles. The average Bonchev–Trinajstić information content (AvgIpc) is 3.35. The minimum absolute atomic E-state index is 0.113. The molecule has 0 unspecified atom stereocenters. The van der Waals surface area contributed by atoms with Gasteiger partial charge in [0, 0.05) is 26.2 Å². The molecular formula is C16H21N3O2S. The van der Waals surface area contributed by atoms with Gasteiger partial charge in [-0.3, -0.25) is 4.90 Å². The standard InChI is InChI=1S/C16H21N3O2S/c17-12-14-2-4-15(5-3-14)13-18-8-1-9-19(11-10-18)22(20,21)16-6-7-16/h2-5,16H,1,6-11,13H2. The van der Waals surface area contributed by atoms with Crippen LogP contribution in [0.25, 0.3) is 0 Å². The third-order valence-corrected chi connectivity index (χ3v) is 6.74. The van der Waals surface area contributed by atoms with E-state index in [1.165, 1.54) is 0 Å². The lowest BCUT2D eigenvalue weighted by molar-refractivity contribution is 0.278. The van der Waals surface area contributed by atoms with Gasteiger partial charge in [0.1, 0.15) is 0 Å². The van der Waals surface area contributed by atoms with Crippen molar-refractivity contribution in [2.75, 3.05) is 26.2 Å². The summed E-state index contributed by atoms with van der Waals surface area (Å²) in [4.78, 5) is 2.30. The van der Waals surface area contributed by atoms with E-state index in [9.17, 15) is 8.42 Å². The maximum Gasteiger partial charge on any atom is 0.217 e. The van der Waals surface area contributed by atoms with E-state index < -0.39 is 10.0 Å². The summed E-state index contributed by atoms with van der Waals surface area (Å²) in [7, 11) is -3.05. The summed E-state index contributed by atoms with van der Waals surface area (Å²) in [6.07, 6.45) is 2.53. The number of rotatable bonds is 4. The van der Waals surface area contributed by atoms with Gasteiger partial charge in [-0.05, 0) is 43.5 Å². The summed E-state index contributed by atoms with van der Waals surface area (Å²) in [5.74, 6) is 0. The predicted octanol–water partition coefficient (Wildman–Crippen LogP) is 1.56. The lowest BCUT2D eigenvalue weighted by Gasteiger charge is -2.21. The SMILES string of the molecule is N#Cc1ccc(CN2CCCN(S(=O)(=O)C3CC3)CC2)cc1. The molecule has 0 bridgehead atoms. The first kappa shape index (κ1) is 15.5. The number of hydrogen-bond donors (Lipinski definition) is 0. The van der Waals surface area contributed by atoms with E-state index in [0.717, 1.165) is 44.5 Å². The molecule has 5 nitrogen and oxygen atoms in total. The van der Waals surface area contributed by atoms with Crippen LogP contribution in [0.4, 0.5) is 0 Å². The summed E-state index contributed by atoms with van der Waals surface area (Å²) in [6.45, 7) is 3.73. The minimum Gasteiger partial charge on any atom is -0.298 e. The van der Waals surface area contributed by atoms with E-state index in [0.29, 0.717) is 18.7 Å². The molecule has 0 atom stereocenters. The Labute approximate surface area is 132 Å². The van der Waals surface area contributed by atoms with Gasteiger partial charge in [-0.25, -0.2) is 12.7 Å². The van der Waals surface area contributed by atoms with Crippen LogP contribution in [-0.4, -0.2) is 49.1 Å². The van der Waals surface area contributed by atoms with Crippen molar-refractivity contribution >= 4 is 10.0 Å². The Bertz CT molecular complexity index is 660. The van der Waals surface area contributed by atoms with Crippen molar-refractivity contribution in [2.24, 2.45) is 0 Å². The Kier molecular flexibility index (Phi) is 4.48. The van der Waals surface area contributed by atoms with Crippen LogP contribution in [0.1, 0.15) is 30.4 Å². The van der Waals surface area contributed by atoms with Gasteiger partial charge in [0.2, 0.25) is 10.0 Å². The molecule has 3 rings (SSSR count). The van der Waals surface area contributed by atoms with Gasteiger partial charge >= 0.3 is 0 Å². The molecule has 0 aromatic heterocycles. The monoisotopic (exact) mass is 319 g/mol. The Morgan fingerprint density at radius 3 is 2.45 bits per heavy atom. The zero-order valence-corrected chi connectivity index (χ0v) is 13.4. The van der Waals surface area contributed by atoms with E-state index in [1.807, 2.05) is 24.3 Å². The van der Waals surface area contributed by atoms with Crippen molar-refractivity contribution in [1.29, 1.82) is 5.26 Å². The summed E-state index contributed by atoms with van der Waals surface area (Å²) < 4.78 is 26.3. The van der Waals surface area contributed by atoms with Crippen LogP contribution >= 0.6 is 0 Å². The molecule has 2 fully saturated rings. The van der Waals surface area contributed by atoms with Gasteiger partial charge in [0.05, 0.1) is 16.9 Å². The summed E-state index contributed by atoms with van der Waals surface area (Å²) in [5, 5.41) is 8.71. The van der Waals surface area contributed by atoms with E-state index in [-0.39, 0.29) is 5.25 Å². The zero-order valence-electron chi connectivity index (χ0n) is 12.6. The average molecular weight is 319 g/mol. The zero-order chi connectivity index (χ0) is 15.6. The molecule has 1 aliphatic heterocycles. The predicted molar refractivity (Wildman–Crippen MR) is 84.6 cm³/mol. The Morgan fingerprint density at radius 2 is 1.82 bits per heavy atom. The first-order valence-corrected chi connectivity index (χ1v) is 9.30. The highest BCUT2D eigenvalue weighted by Gasteiger charge is 2.40. The topological polar surface area (TPSA) is 64.4 Å². The molecule has 118 valence electrons. The van der Waals surface area contributed by atoms with Crippen LogP contribution < -0.4 is 0 Å². The smallest absolute Gasteiger partial charge is 0.217 e. The van der Waals surface area contributed by atoms with Gasteiger partial charge in [-0.15, -0.1) is 0 Å². The van der Waals surface area contributed by atoms with Gasteiger partial charge < -0.3 is 0 Å². The Hall–Kier alpha value is -1.42. The van der Waals surface area contributed by atoms with Crippen molar-refractivity contribution in [1.82, 2.24) is 9.21 Å². The van der Waals surface area contributed by atoms with Crippen molar-refractivity contribution in [3.8, 4) is 6.07 Å². The normalized spacial score (nSPS) is 21.2. The lowest BCUT2D eigenvalue weighted by atomic mass is 10.1. The minimum atomic E-state index is -3.05. The first-order valence-electron chi connectivity index (χ1n) is 7.80. The Morgan fingerprint density at radius 1 is 1.09 bits per heavy atom. The largest absolute Gasteiger partial charge is 0.298 e. The first-order chi connectivity index (χ1) is 10.6. The van der Waals surface area contributed by atoms with Gasteiger partial charge in [0.25, 0.3) is 0 Å². The number of nitrogens with zero attached hydrogens (tertiary/aromatic N) is 3. The van der Waals surface area contributed by atoms with Crippen molar-refractivity contribution < 1.29 is 8.42 Å². The summed E-state index contributed by atoms with van der Waals surface area (Å²) in [5.41, 5.74) is 1.83. The van der Waals surface area contributed by atoms with Crippen molar-refractivity contribution in [3.63, 3.8) is 0 Å². The van der Waals surface area contributed by atoms with Crippen LogP contribution in [-0.2, 0) is 16.6 Å². The quantitative estimate of drug-likeness (QED) is 0.845. The van der Waals surface area contributed by atoms with Crippen LogP contribution in [0, 0.1) is 11.3 Å². The molecule has 1 aliphatic carbocycles. The fourth-order valence-electron chi connectivity index (χ4n) is 2.88. The van der Waals surface area contributed by atoms with Gasteiger partial charge in [0.15, 0.2) is 0 Å². The maximum atomic E-state index is 12.3. The van der Waals surface area contributed by atoms with Crippen LogP contribution in [0.3, 0.4) is 0 Å². The van der Waals surface area contributed by atoms with Crippen LogP contribution in [0.2, 0.25) is 0 Å². The molecule has 22 heavy (non-hydrogen) atoms. The molecule has 2 aliphatic rings.